The number of nitrogens with zero attached hydrogens (tertiary/aromatic N) is 2. The van der Waals surface area contributed by atoms with Gasteiger partial charge in [-0.05, 0) is 31.1 Å². The molecular weight excluding hydrogens is 508 g/mol. The Hall–Kier alpha value is -1.94. The normalized spacial score (nSPS) is 13.7. The molecule has 0 aliphatic carbocycles. The quantitative estimate of drug-likeness (QED) is 0.134. The molecule has 0 bridgehead atoms. The Morgan fingerprint density at radius 3 is 1.84 bits per heavy atom. The van der Waals surface area contributed by atoms with Crippen molar-refractivity contribution >= 4 is 22.1 Å². The number of aromatic nitrogens is 2. The van der Waals surface area contributed by atoms with Crippen molar-refractivity contribution < 1.29 is 36.6 Å². The van der Waals surface area contributed by atoms with Gasteiger partial charge >= 0.3 is 11.9 Å². The topological polar surface area (TPSA) is 119 Å². The molecule has 1 aromatic rings. The third-order valence-electron chi connectivity index (χ3n) is 6.58. The zero-order valence-corrected chi connectivity index (χ0v) is 25.3. The highest BCUT2D eigenvalue weighted by Gasteiger charge is 2.31. The van der Waals surface area contributed by atoms with E-state index in [9.17, 15) is 22.6 Å². The van der Waals surface area contributed by atoms with Gasteiger partial charge in [-0.1, -0.05) is 79.6 Å². The van der Waals surface area contributed by atoms with Gasteiger partial charge in [-0.15, -0.1) is 0 Å². The van der Waals surface area contributed by atoms with Crippen LogP contribution in [0.15, 0.2) is 18.7 Å². The first-order valence-corrected chi connectivity index (χ1v) is 15.8. The summed E-state index contributed by atoms with van der Waals surface area (Å²) in [7, 11) is -2.97. The molecule has 38 heavy (non-hydrogen) atoms. The lowest BCUT2D eigenvalue weighted by Crippen LogP contribution is -2.35. The average Bonchev–Trinajstić information content (AvgIpc) is 3.30. The van der Waals surface area contributed by atoms with Crippen molar-refractivity contribution in [1.82, 2.24) is 4.57 Å². The first-order valence-electron chi connectivity index (χ1n) is 14.3. The molecule has 0 spiro atoms. The largest absolute Gasteiger partial charge is 0.747 e. The van der Waals surface area contributed by atoms with Gasteiger partial charge in [0, 0.05) is 0 Å². The first kappa shape index (κ1) is 36.1. The maximum atomic E-state index is 12.1. The summed E-state index contributed by atoms with van der Waals surface area (Å²) in [6.07, 6.45) is 15.4. The number of hydrogen-bond acceptors (Lipinski definition) is 7. The third kappa shape index (κ3) is 16.8. The van der Waals surface area contributed by atoms with E-state index in [2.05, 4.69) is 48.6 Å². The van der Waals surface area contributed by atoms with Crippen LogP contribution in [0, 0.1) is 11.8 Å². The van der Waals surface area contributed by atoms with E-state index in [0.717, 1.165) is 57.9 Å². The SMILES string of the molecule is CCCCC(CC)COC(=O)CC(C(=O)OCC(CC)CCCC)S(=O)(=O)[O-].CCCC[n+]1ccn(C)c1. The van der Waals surface area contributed by atoms with E-state index in [4.69, 9.17) is 9.47 Å². The maximum Gasteiger partial charge on any atom is 0.323 e. The number of ether oxygens (including phenoxy) is 2. The van der Waals surface area contributed by atoms with Gasteiger partial charge in [-0.25, -0.2) is 17.6 Å². The Labute approximate surface area is 231 Å². The van der Waals surface area contributed by atoms with Crippen LogP contribution in [-0.4, -0.2) is 47.9 Å². The summed E-state index contributed by atoms with van der Waals surface area (Å²) in [6.45, 7) is 11.6. The van der Waals surface area contributed by atoms with Crippen LogP contribution in [0.3, 0.4) is 0 Å². The number of hydrogen-bond donors (Lipinski definition) is 0. The van der Waals surface area contributed by atoms with Crippen LogP contribution in [0.25, 0.3) is 0 Å². The lowest BCUT2D eigenvalue weighted by Gasteiger charge is -2.21. The average molecular weight is 561 g/mol. The molecule has 0 aromatic carbocycles. The van der Waals surface area contributed by atoms with Crippen LogP contribution in [0.5, 0.6) is 0 Å². The van der Waals surface area contributed by atoms with Gasteiger partial charge in [0.15, 0.2) is 5.25 Å². The van der Waals surface area contributed by atoms with Gasteiger partial charge in [0.25, 0.3) is 0 Å². The number of carbonyl (C=O) groups excluding carboxylic acids is 2. The van der Waals surface area contributed by atoms with Gasteiger partial charge in [-0.3, -0.25) is 9.59 Å². The Morgan fingerprint density at radius 1 is 0.895 bits per heavy atom. The summed E-state index contributed by atoms with van der Waals surface area (Å²) in [5.74, 6) is -1.74. The zero-order valence-electron chi connectivity index (χ0n) is 24.5. The molecule has 10 heteroatoms. The molecule has 9 nitrogen and oxygen atoms in total. The molecular formula is C28H52N2O7S. The molecule has 1 heterocycles. The predicted octanol–water partition coefficient (Wildman–Crippen LogP) is 4.92. The van der Waals surface area contributed by atoms with E-state index in [1.54, 1.807) is 0 Å². The molecule has 3 atom stereocenters. The molecule has 0 aliphatic rings. The van der Waals surface area contributed by atoms with Gasteiger partial charge in [0.05, 0.1) is 33.2 Å². The fourth-order valence-corrected chi connectivity index (χ4v) is 4.43. The predicted molar refractivity (Wildman–Crippen MR) is 147 cm³/mol. The van der Waals surface area contributed by atoms with Gasteiger partial charge in [0.1, 0.15) is 22.5 Å². The van der Waals surface area contributed by atoms with E-state index >= 15 is 0 Å². The number of imidazole rings is 1. The van der Waals surface area contributed by atoms with Crippen molar-refractivity contribution in [3.8, 4) is 0 Å². The van der Waals surface area contributed by atoms with Crippen LogP contribution >= 0.6 is 0 Å². The van der Waals surface area contributed by atoms with Crippen LogP contribution in [0.2, 0.25) is 0 Å². The summed E-state index contributed by atoms with van der Waals surface area (Å²) in [4.78, 5) is 24.1. The Bertz CT molecular complexity index is 870. The Kier molecular flexibility index (Phi) is 19.9. The minimum absolute atomic E-state index is 0.0470. The molecule has 0 amide bonds. The van der Waals surface area contributed by atoms with Crippen LogP contribution < -0.4 is 4.57 Å². The van der Waals surface area contributed by atoms with Crippen molar-refractivity contribution in [2.24, 2.45) is 18.9 Å². The standard InChI is InChI=1S/C20H38O7S.C8H15N2/c1-5-9-11-16(7-3)14-26-19(21)13-18(28(23,24)25)20(22)27-15-17(8-4)12-10-6-2;1-3-4-5-10-7-6-9(2)8-10/h16-18H,5-15H2,1-4H3,(H,23,24,25);6-8H,3-5H2,1-2H3/q;+1/p-1. The highest BCUT2D eigenvalue weighted by Crippen LogP contribution is 2.17. The van der Waals surface area contributed by atoms with Crippen molar-refractivity contribution in [2.45, 2.75) is 117 Å². The van der Waals surface area contributed by atoms with Crippen molar-refractivity contribution in [3.05, 3.63) is 18.7 Å². The van der Waals surface area contributed by atoms with E-state index in [0.29, 0.717) is 0 Å². The Morgan fingerprint density at radius 2 is 1.42 bits per heavy atom. The fourth-order valence-electron chi connectivity index (χ4n) is 3.79. The van der Waals surface area contributed by atoms with Crippen LogP contribution in [0.4, 0.5) is 0 Å². The summed E-state index contributed by atoms with van der Waals surface area (Å²) in [5.41, 5.74) is 0. The fraction of sp³-hybridized carbons (Fsp3) is 0.821. The van der Waals surface area contributed by atoms with Gasteiger partial charge in [0.2, 0.25) is 6.33 Å². The lowest BCUT2D eigenvalue weighted by atomic mass is 10.0. The smallest absolute Gasteiger partial charge is 0.323 e. The van der Waals surface area contributed by atoms with Crippen LogP contribution in [-0.2, 0) is 42.8 Å². The van der Waals surface area contributed by atoms with Crippen molar-refractivity contribution in [3.63, 3.8) is 0 Å². The summed E-state index contributed by atoms with van der Waals surface area (Å²) in [5, 5.41) is -2.06. The summed E-state index contributed by atoms with van der Waals surface area (Å²) in [6, 6.07) is 0. The van der Waals surface area contributed by atoms with E-state index < -0.39 is 33.7 Å². The number of esters is 2. The van der Waals surface area contributed by atoms with Crippen LogP contribution in [0.1, 0.15) is 105 Å². The number of aryl methyl sites for hydroxylation is 2. The highest BCUT2D eigenvalue weighted by molar-refractivity contribution is 7.87. The summed E-state index contributed by atoms with van der Waals surface area (Å²) >= 11 is 0. The van der Waals surface area contributed by atoms with E-state index in [1.807, 2.05) is 20.9 Å². The van der Waals surface area contributed by atoms with Crippen molar-refractivity contribution in [2.75, 3.05) is 13.2 Å². The minimum atomic E-state index is -5.01. The molecule has 0 saturated carbocycles. The zero-order chi connectivity index (χ0) is 29.0. The molecule has 0 aliphatic heterocycles. The second-order valence-electron chi connectivity index (χ2n) is 10.0. The molecule has 0 radical (unpaired) electrons. The van der Waals surface area contributed by atoms with E-state index in [-0.39, 0.29) is 25.0 Å². The Balaban J connectivity index is 0.00000113. The first-order chi connectivity index (χ1) is 18.0. The number of carbonyl (C=O) groups is 2. The number of unbranched alkanes of at least 4 members (excludes halogenated alkanes) is 3. The second-order valence-corrected chi connectivity index (χ2v) is 11.6. The van der Waals surface area contributed by atoms with E-state index in [1.165, 1.54) is 12.8 Å². The van der Waals surface area contributed by atoms with Gasteiger partial charge in [-0.2, -0.15) is 0 Å². The molecule has 222 valence electrons. The maximum absolute atomic E-state index is 12.1. The minimum Gasteiger partial charge on any atom is -0.747 e. The summed E-state index contributed by atoms with van der Waals surface area (Å²) < 4.78 is 48.8. The van der Waals surface area contributed by atoms with Crippen molar-refractivity contribution in [1.29, 1.82) is 0 Å². The molecule has 1 rings (SSSR count). The molecule has 0 N–H and O–H groups in total. The van der Waals surface area contributed by atoms with Gasteiger partial charge < -0.3 is 14.0 Å². The third-order valence-corrected chi connectivity index (χ3v) is 7.64. The highest BCUT2D eigenvalue weighted by atomic mass is 32.2. The number of rotatable bonds is 19. The molecule has 0 saturated heterocycles. The monoisotopic (exact) mass is 560 g/mol. The molecule has 0 fully saturated rings. The molecule has 3 unspecified atom stereocenters. The molecule has 1 aromatic heterocycles. The lowest BCUT2D eigenvalue weighted by molar-refractivity contribution is -0.696. The second kappa shape index (κ2) is 21.0.